The average Bonchev–Trinajstić information content (AvgIpc) is 2.19. The molecule has 0 radical (unpaired) electrons. The fourth-order valence-electron chi connectivity index (χ4n) is 1.09. The number of hydrogen-bond donors (Lipinski definition) is 2. The molecule has 0 aromatic heterocycles. The molecule has 0 aromatic rings. The van der Waals surface area contributed by atoms with Crippen LogP contribution in [-0.2, 0) is 0 Å². The smallest absolute Gasteiger partial charge is 0.119 e. The molecule has 4 heteroatoms. The van der Waals surface area contributed by atoms with E-state index in [-0.39, 0.29) is 6.61 Å². The van der Waals surface area contributed by atoms with Gasteiger partial charge < -0.3 is 10.0 Å². The molecule has 0 aliphatic rings. The highest BCUT2D eigenvalue weighted by molar-refractivity contribution is 4.88. The maximum Gasteiger partial charge on any atom is 0.119 e. The molecule has 0 saturated carbocycles. The van der Waals surface area contributed by atoms with Crippen molar-refractivity contribution in [2.75, 3.05) is 32.8 Å². The Balaban J connectivity index is 3.48. The topological polar surface area (TPSA) is 59.3 Å². The molecule has 0 spiro atoms. The standard InChI is InChI=1S/C9H19N3O/c1-3-12(4-2)6-5-11-9(7-10)8-13/h9,11,13H,3-6,8H2,1-2H3. The molecule has 0 aliphatic heterocycles. The first-order chi connectivity index (χ1) is 6.28. The second kappa shape index (κ2) is 7.99. The van der Waals surface area contributed by atoms with Crippen molar-refractivity contribution in [1.82, 2.24) is 10.2 Å². The van der Waals surface area contributed by atoms with Crippen molar-refractivity contribution in [3.05, 3.63) is 0 Å². The van der Waals surface area contributed by atoms with Gasteiger partial charge in [-0.2, -0.15) is 5.26 Å². The van der Waals surface area contributed by atoms with Crippen molar-refractivity contribution < 1.29 is 5.11 Å². The van der Waals surface area contributed by atoms with Gasteiger partial charge in [-0.15, -0.1) is 0 Å². The van der Waals surface area contributed by atoms with Crippen LogP contribution in [0, 0.1) is 11.3 Å². The summed E-state index contributed by atoms with van der Waals surface area (Å²) in [7, 11) is 0. The number of aliphatic hydroxyl groups excluding tert-OH is 1. The van der Waals surface area contributed by atoms with Crippen molar-refractivity contribution in [1.29, 1.82) is 5.26 Å². The number of hydrogen-bond acceptors (Lipinski definition) is 4. The van der Waals surface area contributed by atoms with E-state index in [9.17, 15) is 0 Å². The quantitative estimate of drug-likeness (QED) is 0.577. The molecular weight excluding hydrogens is 166 g/mol. The number of nitriles is 1. The molecule has 76 valence electrons. The summed E-state index contributed by atoms with van der Waals surface area (Å²) in [6, 6.07) is 1.56. The molecule has 0 amide bonds. The number of rotatable bonds is 7. The maximum absolute atomic E-state index is 8.71. The van der Waals surface area contributed by atoms with E-state index in [4.69, 9.17) is 10.4 Å². The Morgan fingerprint density at radius 3 is 2.46 bits per heavy atom. The zero-order chi connectivity index (χ0) is 10.1. The summed E-state index contributed by atoms with van der Waals surface area (Å²) in [5.41, 5.74) is 0. The van der Waals surface area contributed by atoms with Crippen LogP contribution in [-0.4, -0.2) is 48.8 Å². The van der Waals surface area contributed by atoms with E-state index in [1.807, 2.05) is 6.07 Å². The van der Waals surface area contributed by atoms with Gasteiger partial charge in [0.15, 0.2) is 0 Å². The van der Waals surface area contributed by atoms with Crippen LogP contribution in [0.5, 0.6) is 0 Å². The zero-order valence-corrected chi connectivity index (χ0v) is 8.45. The lowest BCUT2D eigenvalue weighted by Gasteiger charge is -2.18. The third-order valence-corrected chi connectivity index (χ3v) is 2.05. The molecule has 0 heterocycles. The number of nitrogens with zero attached hydrogens (tertiary/aromatic N) is 2. The Bertz CT molecular complexity index is 151. The van der Waals surface area contributed by atoms with Crippen LogP contribution >= 0.6 is 0 Å². The average molecular weight is 185 g/mol. The van der Waals surface area contributed by atoms with Gasteiger partial charge in [-0.25, -0.2) is 0 Å². The predicted molar refractivity (Wildman–Crippen MR) is 52.3 cm³/mol. The molecule has 0 bridgehead atoms. The van der Waals surface area contributed by atoms with Crippen LogP contribution < -0.4 is 5.32 Å². The fourth-order valence-corrected chi connectivity index (χ4v) is 1.09. The van der Waals surface area contributed by atoms with E-state index in [0.29, 0.717) is 0 Å². The molecule has 0 aliphatic carbocycles. The van der Waals surface area contributed by atoms with Gasteiger partial charge in [0.05, 0.1) is 12.7 Å². The lowest BCUT2D eigenvalue weighted by molar-refractivity contribution is 0.254. The monoisotopic (exact) mass is 185 g/mol. The van der Waals surface area contributed by atoms with Gasteiger partial charge in [0, 0.05) is 13.1 Å². The molecule has 1 unspecified atom stereocenters. The lowest BCUT2D eigenvalue weighted by atomic mass is 10.3. The molecule has 13 heavy (non-hydrogen) atoms. The van der Waals surface area contributed by atoms with Crippen molar-refractivity contribution in [3.8, 4) is 6.07 Å². The number of aliphatic hydroxyl groups is 1. The SMILES string of the molecule is CCN(CC)CCNC(C#N)CO. The van der Waals surface area contributed by atoms with Crippen LogP contribution in [0.1, 0.15) is 13.8 Å². The van der Waals surface area contributed by atoms with E-state index in [0.717, 1.165) is 26.2 Å². The first kappa shape index (κ1) is 12.4. The van der Waals surface area contributed by atoms with Crippen molar-refractivity contribution in [2.24, 2.45) is 0 Å². The molecule has 4 nitrogen and oxygen atoms in total. The van der Waals surface area contributed by atoms with Gasteiger partial charge >= 0.3 is 0 Å². The van der Waals surface area contributed by atoms with Crippen molar-refractivity contribution in [3.63, 3.8) is 0 Å². The molecule has 0 saturated heterocycles. The van der Waals surface area contributed by atoms with Gasteiger partial charge in [-0.05, 0) is 13.1 Å². The number of nitrogens with one attached hydrogen (secondary N) is 1. The van der Waals surface area contributed by atoms with Crippen LogP contribution in [0.25, 0.3) is 0 Å². The molecular formula is C9H19N3O. The molecule has 0 aromatic carbocycles. The normalized spacial score (nSPS) is 12.8. The fraction of sp³-hybridized carbons (Fsp3) is 0.889. The van der Waals surface area contributed by atoms with E-state index >= 15 is 0 Å². The van der Waals surface area contributed by atoms with Gasteiger partial charge in [0.1, 0.15) is 6.04 Å². The molecule has 2 N–H and O–H groups in total. The first-order valence-corrected chi connectivity index (χ1v) is 4.74. The summed E-state index contributed by atoms with van der Waals surface area (Å²) in [5, 5.41) is 20.2. The zero-order valence-electron chi connectivity index (χ0n) is 8.45. The largest absolute Gasteiger partial charge is 0.394 e. The Kier molecular flexibility index (Phi) is 7.60. The molecule has 0 rings (SSSR count). The van der Waals surface area contributed by atoms with Crippen LogP contribution in [0.4, 0.5) is 0 Å². The Morgan fingerprint density at radius 1 is 1.46 bits per heavy atom. The van der Waals surface area contributed by atoms with Gasteiger partial charge in [0.2, 0.25) is 0 Å². The third-order valence-electron chi connectivity index (χ3n) is 2.05. The summed E-state index contributed by atoms with van der Waals surface area (Å²) < 4.78 is 0. The summed E-state index contributed by atoms with van der Waals surface area (Å²) in [4.78, 5) is 2.26. The minimum absolute atomic E-state index is 0.116. The van der Waals surface area contributed by atoms with Crippen molar-refractivity contribution in [2.45, 2.75) is 19.9 Å². The van der Waals surface area contributed by atoms with Gasteiger partial charge in [-0.3, -0.25) is 5.32 Å². The van der Waals surface area contributed by atoms with E-state index in [1.54, 1.807) is 0 Å². The van der Waals surface area contributed by atoms with Gasteiger partial charge in [0.25, 0.3) is 0 Å². The van der Waals surface area contributed by atoms with Crippen molar-refractivity contribution >= 4 is 0 Å². The van der Waals surface area contributed by atoms with E-state index in [1.165, 1.54) is 0 Å². The summed E-state index contributed by atoms with van der Waals surface area (Å²) in [6.45, 7) is 7.82. The second-order valence-corrected chi connectivity index (χ2v) is 2.85. The summed E-state index contributed by atoms with van der Waals surface area (Å²) >= 11 is 0. The Hall–Kier alpha value is -0.630. The summed E-state index contributed by atoms with van der Waals surface area (Å²) in [5.74, 6) is 0. The Morgan fingerprint density at radius 2 is 2.08 bits per heavy atom. The maximum atomic E-state index is 8.71. The minimum Gasteiger partial charge on any atom is -0.394 e. The highest BCUT2D eigenvalue weighted by atomic mass is 16.3. The minimum atomic E-state index is -0.421. The van der Waals surface area contributed by atoms with Crippen LogP contribution in [0.2, 0.25) is 0 Å². The highest BCUT2D eigenvalue weighted by Crippen LogP contribution is 1.85. The Labute approximate surface area is 80.2 Å². The second-order valence-electron chi connectivity index (χ2n) is 2.85. The molecule has 0 fully saturated rings. The lowest BCUT2D eigenvalue weighted by Crippen LogP contribution is -2.38. The van der Waals surface area contributed by atoms with Crippen LogP contribution in [0.15, 0.2) is 0 Å². The summed E-state index contributed by atoms with van der Waals surface area (Å²) in [6.07, 6.45) is 0. The third kappa shape index (κ3) is 5.58. The van der Waals surface area contributed by atoms with Gasteiger partial charge in [-0.1, -0.05) is 13.8 Å². The highest BCUT2D eigenvalue weighted by Gasteiger charge is 2.04. The van der Waals surface area contributed by atoms with E-state index < -0.39 is 6.04 Å². The molecule has 1 atom stereocenters. The van der Waals surface area contributed by atoms with E-state index in [2.05, 4.69) is 24.1 Å². The predicted octanol–water partition coefficient (Wildman–Crippen LogP) is -0.198. The van der Waals surface area contributed by atoms with Crippen LogP contribution in [0.3, 0.4) is 0 Å². The number of likely N-dealkylation sites (N-methyl/N-ethyl adjacent to an activating group) is 1. The first-order valence-electron chi connectivity index (χ1n) is 4.74.